The fraction of sp³-hybridized carbons (Fsp3) is 0.182. The molecular weight excluding hydrogens is 216 g/mol. The smallest absolute Gasteiger partial charge is 0.321 e. The number of carboxylic acid groups (broad SMARTS) is 1. The average molecular weight is 225 g/mol. The highest BCUT2D eigenvalue weighted by Crippen LogP contribution is 2.06. The summed E-state index contributed by atoms with van der Waals surface area (Å²) in [5, 5.41) is 8.45. The first-order chi connectivity index (χ1) is 7.49. The fourth-order valence-corrected chi connectivity index (χ4v) is 0.976. The summed E-state index contributed by atoms with van der Waals surface area (Å²) in [7, 11) is 0. The van der Waals surface area contributed by atoms with E-state index in [1.165, 1.54) is 0 Å². The first-order valence-corrected chi connectivity index (χ1v) is 4.42. The van der Waals surface area contributed by atoms with Crippen LogP contribution in [-0.2, 0) is 4.79 Å². The Balaban J connectivity index is 2.73. The molecule has 0 aliphatic heterocycles. The Morgan fingerprint density at radius 2 is 1.94 bits per heavy atom. The summed E-state index contributed by atoms with van der Waals surface area (Å²) in [6.07, 6.45) is -0.0759. The Morgan fingerprint density at radius 1 is 1.38 bits per heavy atom. The van der Waals surface area contributed by atoms with Crippen LogP contribution in [0.1, 0.15) is 12.0 Å². The van der Waals surface area contributed by atoms with Crippen LogP contribution in [0.2, 0.25) is 0 Å². The third-order valence-electron chi connectivity index (χ3n) is 1.73. The third-order valence-corrected chi connectivity index (χ3v) is 1.73. The van der Waals surface area contributed by atoms with Gasteiger partial charge in [-0.05, 0) is 12.1 Å². The van der Waals surface area contributed by atoms with Gasteiger partial charge in [0.05, 0.1) is 0 Å². The molecule has 0 fully saturated rings. The molecule has 3 nitrogen and oxygen atoms in total. The van der Waals surface area contributed by atoms with Crippen LogP contribution in [0, 0.1) is 23.5 Å². The van der Waals surface area contributed by atoms with Crippen LogP contribution in [0.15, 0.2) is 18.2 Å². The van der Waals surface area contributed by atoms with Crippen LogP contribution in [0.25, 0.3) is 0 Å². The van der Waals surface area contributed by atoms with Crippen molar-refractivity contribution in [1.29, 1.82) is 0 Å². The minimum absolute atomic E-state index is 0.0759. The van der Waals surface area contributed by atoms with Gasteiger partial charge in [-0.2, -0.15) is 0 Å². The molecule has 1 aromatic carbocycles. The maximum Gasteiger partial charge on any atom is 0.321 e. The molecule has 0 spiro atoms. The van der Waals surface area contributed by atoms with Crippen LogP contribution in [-0.4, -0.2) is 17.1 Å². The van der Waals surface area contributed by atoms with E-state index in [9.17, 15) is 13.6 Å². The topological polar surface area (TPSA) is 63.3 Å². The molecule has 16 heavy (non-hydrogen) atoms. The molecule has 0 aliphatic carbocycles. The van der Waals surface area contributed by atoms with Gasteiger partial charge in [-0.1, -0.05) is 11.8 Å². The molecule has 0 bridgehead atoms. The van der Waals surface area contributed by atoms with E-state index in [0.717, 1.165) is 18.2 Å². The van der Waals surface area contributed by atoms with Crippen molar-refractivity contribution in [3.63, 3.8) is 0 Å². The molecule has 0 heterocycles. The number of hydrogen-bond acceptors (Lipinski definition) is 2. The van der Waals surface area contributed by atoms with E-state index in [1.54, 1.807) is 0 Å². The molecule has 0 amide bonds. The van der Waals surface area contributed by atoms with Crippen molar-refractivity contribution in [3.05, 3.63) is 35.4 Å². The summed E-state index contributed by atoms with van der Waals surface area (Å²) in [6, 6.07) is 1.75. The summed E-state index contributed by atoms with van der Waals surface area (Å²) >= 11 is 0. The molecule has 1 rings (SSSR count). The largest absolute Gasteiger partial charge is 0.480 e. The number of aliphatic carboxylic acids is 1. The summed E-state index contributed by atoms with van der Waals surface area (Å²) in [6.45, 7) is 0. The van der Waals surface area contributed by atoms with Gasteiger partial charge >= 0.3 is 5.97 Å². The highest BCUT2D eigenvalue weighted by Gasteiger charge is 2.08. The summed E-state index contributed by atoms with van der Waals surface area (Å²) < 4.78 is 25.4. The molecule has 0 unspecified atom stereocenters. The van der Waals surface area contributed by atoms with Gasteiger partial charge in [0.15, 0.2) is 0 Å². The van der Waals surface area contributed by atoms with E-state index in [4.69, 9.17) is 10.8 Å². The number of carboxylic acids is 1. The zero-order chi connectivity index (χ0) is 12.1. The molecule has 0 aliphatic rings. The second kappa shape index (κ2) is 5.24. The van der Waals surface area contributed by atoms with Crippen molar-refractivity contribution in [2.24, 2.45) is 5.73 Å². The number of benzene rings is 1. The Hall–Kier alpha value is -1.93. The van der Waals surface area contributed by atoms with E-state index >= 15 is 0 Å². The van der Waals surface area contributed by atoms with Crippen molar-refractivity contribution < 1.29 is 18.7 Å². The highest BCUT2D eigenvalue weighted by atomic mass is 19.1. The monoisotopic (exact) mass is 225 g/mol. The zero-order valence-corrected chi connectivity index (χ0v) is 8.21. The number of rotatable bonds is 2. The van der Waals surface area contributed by atoms with Gasteiger partial charge in [-0.25, -0.2) is 8.78 Å². The molecule has 3 N–H and O–H groups in total. The first kappa shape index (κ1) is 12.1. The number of hydrogen-bond donors (Lipinski definition) is 2. The second-order valence-corrected chi connectivity index (χ2v) is 3.11. The average Bonchev–Trinajstić information content (AvgIpc) is 2.15. The predicted octanol–water partition coefficient (Wildman–Crippen LogP) is 1.12. The first-order valence-electron chi connectivity index (χ1n) is 4.42. The fourth-order valence-electron chi connectivity index (χ4n) is 0.976. The minimum atomic E-state index is -1.17. The van der Waals surface area contributed by atoms with E-state index in [2.05, 4.69) is 11.8 Å². The van der Waals surface area contributed by atoms with Gasteiger partial charge in [-0.15, -0.1) is 0 Å². The molecule has 0 radical (unpaired) electrons. The summed E-state index contributed by atoms with van der Waals surface area (Å²) in [5.41, 5.74) is 5.34. The van der Waals surface area contributed by atoms with E-state index in [1.807, 2.05) is 0 Å². The van der Waals surface area contributed by atoms with Crippen LogP contribution < -0.4 is 5.73 Å². The second-order valence-electron chi connectivity index (χ2n) is 3.11. The number of carbonyl (C=O) groups is 1. The lowest BCUT2D eigenvalue weighted by Crippen LogP contribution is -2.29. The lowest BCUT2D eigenvalue weighted by molar-refractivity contribution is -0.138. The summed E-state index contributed by atoms with van der Waals surface area (Å²) in [5.74, 6) is 2.26. The molecule has 5 heteroatoms. The Kier molecular flexibility index (Phi) is 3.97. The summed E-state index contributed by atoms with van der Waals surface area (Å²) in [4.78, 5) is 10.3. The quantitative estimate of drug-likeness (QED) is 0.741. The maximum atomic E-state index is 12.7. The van der Waals surface area contributed by atoms with Crippen LogP contribution in [0.4, 0.5) is 8.78 Å². The standard InChI is InChI=1S/C11H9F2NO2/c12-8-4-7(5-9(13)6-8)2-1-3-10(14)11(15)16/h4-6,10H,3,14H2,(H,15,16)/t10-/m0/s1. The molecular formula is C11H9F2NO2. The lowest BCUT2D eigenvalue weighted by Gasteiger charge is -1.98. The van der Waals surface area contributed by atoms with Gasteiger partial charge in [-0.3, -0.25) is 4.79 Å². The van der Waals surface area contributed by atoms with Crippen molar-refractivity contribution in [3.8, 4) is 11.8 Å². The van der Waals surface area contributed by atoms with E-state index in [0.29, 0.717) is 0 Å². The van der Waals surface area contributed by atoms with Crippen molar-refractivity contribution in [2.75, 3.05) is 0 Å². The Bertz CT molecular complexity index is 443. The molecule has 84 valence electrons. The Labute approximate surface area is 90.9 Å². The zero-order valence-electron chi connectivity index (χ0n) is 8.21. The van der Waals surface area contributed by atoms with Gasteiger partial charge < -0.3 is 10.8 Å². The molecule has 1 aromatic rings. The maximum absolute atomic E-state index is 12.7. The van der Waals surface area contributed by atoms with Crippen molar-refractivity contribution >= 4 is 5.97 Å². The number of halogens is 2. The van der Waals surface area contributed by atoms with E-state index < -0.39 is 23.6 Å². The van der Waals surface area contributed by atoms with Gasteiger partial charge in [0.2, 0.25) is 0 Å². The lowest BCUT2D eigenvalue weighted by atomic mass is 10.2. The SMILES string of the molecule is N[C@@H](CC#Cc1cc(F)cc(F)c1)C(=O)O. The molecule has 1 atom stereocenters. The predicted molar refractivity (Wildman–Crippen MR) is 53.5 cm³/mol. The number of nitrogens with two attached hydrogens (primary N) is 1. The van der Waals surface area contributed by atoms with Crippen molar-refractivity contribution in [1.82, 2.24) is 0 Å². The normalized spacial score (nSPS) is 11.4. The van der Waals surface area contributed by atoms with Crippen LogP contribution in [0.5, 0.6) is 0 Å². The van der Waals surface area contributed by atoms with E-state index in [-0.39, 0.29) is 12.0 Å². The van der Waals surface area contributed by atoms with Gasteiger partial charge in [0.25, 0.3) is 0 Å². The molecule has 0 aromatic heterocycles. The van der Waals surface area contributed by atoms with Gasteiger partial charge in [0.1, 0.15) is 17.7 Å². The third kappa shape index (κ3) is 3.67. The molecule has 0 saturated heterocycles. The van der Waals surface area contributed by atoms with Crippen LogP contribution in [0.3, 0.4) is 0 Å². The minimum Gasteiger partial charge on any atom is -0.480 e. The van der Waals surface area contributed by atoms with Crippen molar-refractivity contribution in [2.45, 2.75) is 12.5 Å². The molecule has 0 saturated carbocycles. The highest BCUT2D eigenvalue weighted by molar-refractivity contribution is 5.73. The van der Waals surface area contributed by atoms with Gasteiger partial charge in [0, 0.05) is 18.1 Å². The van der Waals surface area contributed by atoms with Crippen LogP contribution >= 0.6 is 0 Å². The Morgan fingerprint density at radius 3 is 2.44 bits per heavy atom.